The molecule has 23 heavy (non-hydrogen) atoms. The maximum atomic E-state index is 12.8. The molecule has 2 aromatic heterocycles. The second-order valence-electron chi connectivity index (χ2n) is 4.93. The average Bonchev–Trinajstić information content (AvgIpc) is 2.94. The predicted molar refractivity (Wildman–Crippen MR) is 84.8 cm³/mol. The molecule has 0 saturated carbocycles. The van der Waals surface area contributed by atoms with E-state index in [1.54, 1.807) is 12.3 Å². The third-order valence-electron chi connectivity index (χ3n) is 3.60. The van der Waals surface area contributed by atoms with Gasteiger partial charge in [0.05, 0.1) is 9.82 Å². The quantitative estimate of drug-likeness (QED) is 0.541. The number of nitrogens with zero attached hydrogens (tertiary/aromatic N) is 3. The van der Waals surface area contributed by atoms with Crippen LogP contribution in [0.1, 0.15) is 12.5 Å². The lowest BCUT2D eigenvalue weighted by Crippen LogP contribution is -2.12. The summed E-state index contributed by atoms with van der Waals surface area (Å²) < 4.78 is 26.7. The summed E-state index contributed by atoms with van der Waals surface area (Å²) >= 11 is 0. The Hall–Kier alpha value is -2.74. The molecule has 0 spiro atoms. The second-order valence-corrected chi connectivity index (χ2v) is 6.75. The zero-order chi connectivity index (χ0) is 16.6. The summed E-state index contributed by atoms with van der Waals surface area (Å²) in [4.78, 5) is 14.3. The summed E-state index contributed by atoms with van der Waals surface area (Å²) in [6.45, 7) is 1.94. The monoisotopic (exact) mass is 331 g/mol. The van der Waals surface area contributed by atoms with Crippen LogP contribution in [0.5, 0.6) is 0 Å². The van der Waals surface area contributed by atoms with Gasteiger partial charge in [-0.15, -0.1) is 0 Å². The number of non-ortho nitro benzene ring substituents is 1. The van der Waals surface area contributed by atoms with Crippen LogP contribution >= 0.6 is 0 Å². The fourth-order valence-electron chi connectivity index (χ4n) is 2.41. The zero-order valence-corrected chi connectivity index (χ0v) is 13.0. The molecule has 0 bridgehead atoms. The third kappa shape index (κ3) is 2.46. The van der Waals surface area contributed by atoms with Crippen molar-refractivity contribution in [2.24, 2.45) is 0 Å². The Morgan fingerprint density at radius 2 is 1.91 bits per heavy atom. The van der Waals surface area contributed by atoms with Crippen LogP contribution in [0.25, 0.3) is 11.0 Å². The van der Waals surface area contributed by atoms with Crippen molar-refractivity contribution < 1.29 is 13.3 Å². The fourth-order valence-corrected chi connectivity index (χ4v) is 3.76. The molecule has 0 unspecified atom stereocenters. The lowest BCUT2D eigenvalue weighted by atomic mass is 10.2. The average molecular weight is 331 g/mol. The first-order chi connectivity index (χ1) is 10.9. The van der Waals surface area contributed by atoms with E-state index in [4.69, 9.17) is 0 Å². The molecule has 8 heteroatoms. The van der Waals surface area contributed by atoms with Gasteiger partial charge in [0.25, 0.3) is 15.7 Å². The maximum Gasteiger partial charge on any atom is 0.269 e. The molecule has 3 aromatic rings. The zero-order valence-electron chi connectivity index (χ0n) is 12.2. The number of hydrogen-bond donors (Lipinski definition) is 0. The van der Waals surface area contributed by atoms with Crippen LogP contribution < -0.4 is 0 Å². The van der Waals surface area contributed by atoms with E-state index >= 15 is 0 Å². The van der Waals surface area contributed by atoms with Crippen LogP contribution in [-0.2, 0) is 16.4 Å². The number of hydrogen-bond acceptors (Lipinski definition) is 5. The van der Waals surface area contributed by atoms with Crippen LogP contribution in [0, 0.1) is 10.1 Å². The number of rotatable bonds is 4. The Balaban J connectivity index is 2.18. The standard InChI is InChI=1S/C15H13N3O4S/c1-2-11-10-17(15-14(11)4-3-9-16-15)23(21,22)13-7-5-12(6-8-13)18(19)20/h3-10H,2H2,1H3. The van der Waals surface area contributed by atoms with Crippen LogP contribution in [0.4, 0.5) is 5.69 Å². The van der Waals surface area contributed by atoms with Crippen LogP contribution in [0.3, 0.4) is 0 Å². The molecule has 7 nitrogen and oxygen atoms in total. The van der Waals surface area contributed by atoms with Crippen LogP contribution in [0.15, 0.2) is 53.7 Å². The second kappa shape index (κ2) is 5.47. The first-order valence-electron chi connectivity index (χ1n) is 6.90. The first-order valence-corrected chi connectivity index (χ1v) is 8.34. The molecule has 118 valence electrons. The number of nitro groups is 1. The topological polar surface area (TPSA) is 95.1 Å². The van der Waals surface area contributed by atoms with E-state index in [1.807, 2.05) is 13.0 Å². The van der Waals surface area contributed by atoms with Gasteiger partial charge in [0.15, 0.2) is 5.65 Å². The van der Waals surface area contributed by atoms with Crippen molar-refractivity contribution in [3.05, 3.63) is 64.5 Å². The smallest absolute Gasteiger partial charge is 0.258 e. The predicted octanol–water partition coefficient (Wildman–Crippen LogP) is 2.74. The van der Waals surface area contributed by atoms with Gasteiger partial charge in [-0.3, -0.25) is 10.1 Å². The summed E-state index contributed by atoms with van der Waals surface area (Å²) in [5.74, 6) is 0. The number of benzene rings is 1. The molecule has 0 aliphatic carbocycles. The van der Waals surface area contributed by atoms with Gasteiger partial charge in [-0.1, -0.05) is 6.92 Å². The molecule has 0 radical (unpaired) electrons. The summed E-state index contributed by atoms with van der Waals surface area (Å²) in [6.07, 6.45) is 3.75. The maximum absolute atomic E-state index is 12.8. The van der Waals surface area contributed by atoms with Crippen molar-refractivity contribution in [3.63, 3.8) is 0 Å². The molecular formula is C15H13N3O4S. The highest BCUT2D eigenvalue weighted by Gasteiger charge is 2.22. The number of nitro benzene ring substituents is 1. The van der Waals surface area contributed by atoms with E-state index < -0.39 is 14.9 Å². The molecule has 0 N–H and O–H groups in total. The molecular weight excluding hydrogens is 318 g/mol. The van der Waals surface area contributed by atoms with E-state index in [0.717, 1.165) is 14.9 Å². The molecule has 0 saturated heterocycles. The summed E-state index contributed by atoms with van der Waals surface area (Å²) in [7, 11) is -3.87. The highest BCUT2D eigenvalue weighted by molar-refractivity contribution is 7.90. The SMILES string of the molecule is CCc1cn(S(=O)(=O)c2ccc([N+](=O)[O-])cc2)c2ncccc12. The molecule has 2 heterocycles. The van der Waals surface area contributed by atoms with Gasteiger partial charge in [-0.05, 0) is 36.2 Å². The van der Waals surface area contributed by atoms with E-state index in [2.05, 4.69) is 4.98 Å². The minimum Gasteiger partial charge on any atom is -0.258 e. The lowest BCUT2D eigenvalue weighted by molar-refractivity contribution is -0.384. The molecule has 3 rings (SSSR count). The third-order valence-corrected chi connectivity index (χ3v) is 5.26. The van der Waals surface area contributed by atoms with Gasteiger partial charge in [0.2, 0.25) is 0 Å². The molecule has 0 aliphatic rings. The molecule has 0 atom stereocenters. The van der Waals surface area contributed by atoms with E-state index in [9.17, 15) is 18.5 Å². The van der Waals surface area contributed by atoms with E-state index in [-0.39, 0.29) is 10.6 Å². The van der Waals surface area contributed by atoms with Gasteiger partial charge < -0.3 is 0 Å². The minimum atomic E-state index is -3.87. The van der Waals surface area contributed by atoms with Gasteiger partial charge in [-0.2, -0.15) is 0 Å². The van der Waals surface area contributed by atoms with Gasteiger partial charge in [-0.25, -0.2) is 17.4 Å². The highest BCUT2D eigenvalue weighted by Crippen LogP contribution is 2.25. The van der Waals surface area contributed by atoms with Gasteiger partial charge in [0, 0.05) is 29.9 Å². The minimum absolute atomic E-state index is 0.0201. The van der Waals surface area contributed by atoms with Crippen molar-refractivity contribution in [1.29, 1.82) is 0 Å². The van der Waals surface area contributed by atoms with E-state index in [0.29, 0.717) is 12.1 Å². The number of pyridine rings is 1. The fraction of sp³-hybridized carbons (Fsp3) is 0.133. The number of aromatic nitrogens is 2. The Labute approximate surface area is 132 Å². The van der Waals surface area contributed by atoms with Gasteiger partial charge in [0.1, 0.15) is 0 Å². The Morgan fingerprint density at radius 1 is 1.22 bits per heavy atom. The summed E-state index contributed by atoms with van der Waals surface area (Å²) in [6, 6.07) is 8.38. The summed E-state index contributed by atoms with van der Waals surface area (Å²) in [5.41, 5.74) is 1.06. The van der Waals surface area contributed by atoms with E-state index in [1.165, 1.54) is 30.5 Å². The number of aryl methyl sites for hydroxylation is 1. The Kier molecular flexibility index (Phi) is 3.61. The van der Waals surface area contributed by atoms with Crippen molar-refractivity contribution >= 4 is 26.7 Å². The lowest BCUT2D eigenvalue weighted by Gasteiger charge is -2.06. The van der Waals surface area contributed by atoms with Crippen molar-refractivity contribution in [3.8, 4) is 0 Å². The van der Waals surface area contributed by atoms with Crippen molar-refractivity contribution in [2.75, 3.05) is 0 Å². The molecule has 0 aliphatic heterocycles. The Morgan fingerprint density at radius 3 is 2.52 bits per heavy atom. The summed E-state index contributed by atoms with van der Waals surface area (Å²) in [5, 5.41) is 11.5. The van der Waals surface area contributed by atoms with Crippen molar-refractivity contribution in [1.82, 2.24) is 8.96 Å². The Bertz CT molecular complexity index is 991. The molecule has 0 fully saturated rings. The number of fused-ring (bicyclic) bond motifs is 1. The van der Waals surface area contributed by atoms with Crippen LogP contribution in [-0.4, -0.2) is 22.3 Å². The van der Waals surface area contributed by atoms with Crippen LogP contribution in [0.2, 0.25) is 0 Å². The highest BCUT2D eigenvalue weighted by atomic mass is 32.2. The first kappa shape index (κ1) is 15.2. The van der Waals surface area contributed by atoms with Gasteiger partial charge >= 0.3 is 0 Å². The normalized spacial score (nSPS) is 11.7. The molecule has 1 aromatic carbocycles. The largest absolute Gasteiger partial charge is 0.269 e. The molecule has 0 amide bonds. The van der Waals surface area contributed by atoms with Crippen molar-refractivity contribution in [2.45, 2.75) is 18.2 Å².